The first-order valence-electron chi connectivity index (χ1n) is 12.5. The fourth-order valence-corrected chi connectivity index (χ4v) is 7.89. The molecule has 0 radical (unpaired) electrons. The lowest BCUT2D eigenvalue weighted by atomic mass is 10.1. The second-order valence-electron chi connectivity index (χ2n) is 9.06. The Balaban J connectivity index is 0.00000151. The molecule has 198 valence electrons. The quantitative estimate of drug-likeness (QED) is 0.131. The molecule has 0 aliphatic carbocycles. The van der Waals surface area contributed by atoms with Gasteiger partial charge in [0.15, 0.2) is 5.88 Å². The number of thiazole rings is 1. The smallest absolute Gasteiger partial charge is 0.283 e. The van der Waals surface area contributed by atoms with Crippen LogP contribution in [0.25, 0.3) is 37.8 Å². The van der Waals surface area contributed by atoms with Crippen LogP contribution < -0.4 is 9.47 Å². The standard InChI is InChI=1S/C29H24N2O3S3.C2H4/c1-3-19(16-26-30(2)28-22-10-6-4-8-20(22)12-14-24(28)35-26)17-27-31(18-37(32,33)34)29-23-11-7-5-9-21(23)13-15-25(29)36-27;1-2/h4-17H,3,18H2,1-2H3;1-2H2/p+1. The van der Waals surface area contributed by atoms with Crippen LogP contribution in [0, 0.1) is 0 Å². The molecule has 0 spiro atoms. The number of rotatable bonds is 5. The Morgan fingerprint density at radius 2 is 1.62 bits per heavy atom. The van der Waals surface area contributed by atoms with Crippen LogP contribution in [0.3, 0.4) is 0 Å². The molecule has 1 aliphatic rings. The Morgan fingerprint density at radius 3 is 2.31 bits per heavy atom. The van der Waals surface area contributed by atoms with Crippen molar-refractivity contribution < 1.29 is 17.5 Å². The number of allylic oxidation sites excluding steroid dienone is 2. The van der Waals surface area contributed by atoms with Crippen LogP contribution in [0.1, 0.15) is 18.4 Å². The highest BCUT2D eigenvalue weighted by Crippen LogP contribution is 2.50. The van der Waals surface area contributed by atoms with Gasteiger partial charge in [-0.2, -0.15) is 13.0 Å². The SMILES string of the molecule is C=C.CCC(=Cc1sc2ccc3ccccc3c2[n+]1C)C=C1Sc2ccc3ccccc3c2N1CS(=O)(=O)O. The number of nitrogens with zero attached hydrogens (tertiary/aromatic N) is 2. The molecule has 5 aromatic rings. The third-order valence-corrected chi connectivity index (χ3v) is 9.51. The van der Waals surface area contributed by atoms with Gasteiger partial charge < -0.3 is 4.90 Å². The maximum Gasteiger partial charge on any atom is 0.283 e. The molecule has 8 heteroatoms. The Kier molecular flexibility index (Phi) is 7.64. The van der Waals surface area contributed by atoms with Gasteiger partial charge in [-0.15, -0.1) is 13.2 Å². The fourth-order valence-electron chi connectivity index (χ4n) is 4.92. The minimum absolute atomic E-state index is 0.494. The first kappa shape index (κ1) is 27.1. The number of hydrogen-bond acceptors (Lipinski definition) is 5. The summed E-state index contributed by atoms with van der Waals surface area (Å²) < 4.78 is 37.3. The van der Waals surface area contributed by atoms with Crippen molar-refractivity contribution in [1.29, 1.82) is 0 Å². The fraction of sp³-hybridized carbons (Fsp3) is 0.129. The minimum Gasteiger partial charge on any atom is -0.317 e. The monoisotopic (exact) mass is 573 g/mol. The van der Waals surface area contributed by atoms with E-state index in [2.05, 4.69) is 74.2 Å². The number of benzene rings is 4. The van der Waals surface area contributed by atoms with Crippen LogP contribution in [-0.2, 0) is 17.2 Å². The van der Waals surface area contributed by atoms with Crippen molar-refractivity contribution in [3.63, 3.8) is 0 Å². The highest BCUT2D eigenvalue weighted by molar-refractivity contribution is 8.03. The lowest BCUT2D eigenvalue weighted by molar-refractivity contribution is -0.641. The molecule has 1 N–H and O–H groups in total. The van der Waals surface area contributed by atoms with Crippen molar-refractivity contribution in [2.75, 3.05) is 10.8 Å². The molecule has 0 saturated heterocycles. The number of fused-ring (bicyclic) bond motifs is 6. The van der Waals surface area contributed by atoms with Gasteiger partial charge in [-0.1, -0.05) is 84.6 Å². The zero-order valence-electron chi connectivity index (χ0n) is 21.8. The van der Waals surface area contributed by atoms with Crippen molar-refractivity contribution in [3.8, 4) is 0 Å². The van der Waals surface area contributed by atoms with Crippen molar-refractivity contribution >= 4 is 76.7 Å². The topological polar surface area (TPSA) is 61.5 Å². The van der Waals surface area contributed by atoms with Gasteiger partial charge in [0.2, 0.25) is 5.52 Å². The second-order valence-corrected chi connectivity index (χ2v) is 12.6. The van der Waals surface area contributed by atoms with Crippen LogP contribution in [-0.4, -0.2) is 18.8 Å². The summed E-state index contributed by atoms with van der Waals surface area (Å²) >= 11 is 3.27. The predicted molar refractivity (Wildman–Crippen MR) is 167 cm³/mol. The lowest BCUT2D eigenvalue weighted by Gasteiger charge is -2.20. The van der Waals surface area contributed by atoms with Crippen LogP contribution >= 0.6 is 23.1 Å². The number of aryl methyl sites for hydroxylation is 1. The van der Waals surface area contributed by atoms with Gasteiger partial charge in [0.25, 0.3) is 15.1 Å². The molecule has 0 atom stereocenters. The number of hydrogen-bond donors (Lipinski definition) is 1. The summed E-state index contributed by atoms with van der Waals surface area (Å²) in [5.41, 5.74) is 3.10. The van der Waals surface area contributed by atoms with E-state index in [0.717, 1.165) is 43.4 Å². The first-order chi connectivity index (χ1) is 18.8. The van der Waals surface area contributed by atoms with Gasteiger partial charge in [-0.05, 0) is 47.0 Å². The number of anilines is 1. The highest BCUT2D eigenvalue weighted by atomic mass is 32.2. The molecule has 5 nitrogen and oxygen atoms in total. The summed E-state index contributed by atoms with van der Waals surface area (Å²) in [5, 5.41) is 6.33. The summed E-state index contributed by atoms with van der Waals surface area (Å²) in [4.78, 5) is 2.70. The largest absolute Gasteiger partial charge is 0.317 e. The zero-order chi connectivity index (χ0) is 27.7. The van der Waals surface area contributed by atoms with E-state index in [9.17, 15) is 13.0 Å². The zero-order valence-corrected chi connectivity index (χ0v) is 24.2. The second kappa shape index (κ2) is 11.0. The molecule has 0 fully saturated rings. The van der Waals surface area contributed by atoms with Gasteiger partial charge in [0.05, 0.1) is 16.1 Å². The van der Waals surface area contributed by atoms with E-state index >= 15 is 0 Å². The Hall–Kier alpha value is -3.43. The molecular weight excluding hydrogens is 545 g/mol. The van der Waals surface area contributed by atoms with Crippen molar-refractivity contribution in [1.82, 2.24) is 0 Å². The van der Waals surface area contributed by atoms with E-state index in [0.29, 0.717) is 0 Å². The summed E-state index contributed by atoms with van der Waals surface area (Å²) in [6, 6.07) is 24.7. The molecular formula is C31H29N2O3S3+. The molecule has 0 amide bonds. The van der Waals surface area contributed by atoms with E-state index in [4.69, 9.17) is 0 Å². The third kappa shape index (κ3) is 5.25. The normalized spacial score (nSPS) is 14.7. The predicted octanol–water partition coefficient (Wildman–Crippen LogP) is 7.93. The molecule has 1 aromatic heterocycles. The van der Waals surface area contributed by atoms with E-state index in [-0.39, 0.29) is 0 Å². The summed E-state index contributed by atoms with van der Waals surface area (Å²) in [5.74, 6) is -0.494. The van der Waals surface area contributed by atoms with E-state index in [1.54, 1.807) is 16.2 Å². The van der Waals surface area contributed by atoms with Gasteiger partial charge in [-0.25, -0.2) is 0 Å². The molecule has 0 bridgehead atoms. The van der Waals surface area contributed by atoms with Crippen LogP contribution in [0.5, 0.6) is 0 Å². The average molecular weight is 574 g/mol. The summed E-state index contributed by atoms with van der Waals surface area (Å²) in [7, 11) is -2.16. The molecule has 1 aliphatic heterocycles. The number of aromatic nitrogens is 1. The molecule has 6 rings (SSSR count). The third-order valence-electron chi connectivity index (χ3n) is 6.68. The van der Waals surface area contributed by atoms with Gasteiger partial charge in [0.1, 0.15) is 11.7 Å². The van der Waals surface area contributed by atoms with Crippen LogP contribution in [0.2, 0.25) is 0 Å². The van der Waals surface area contributed by atoms with E-state index in [1.165, 1.54) is 32.8 Å². The lowest BCUT2D eigenvalue weighted by Crippen LogP contribution is -2.29. The molecule has 0 saturated carbocycles. The maximum atomic E-state index is 12.0. The summed E-state index contributed by atoms with van der Waals surface area (Å²) in [6.07, 6.45) is 5.00. The van der Waals surface area contributed by atoms with Gasteiger partial charge in [-0.3, -0.25) is 4.55 Å². The highest BCUT2D eigenvalue weighted by Gasteiger charge is 2.30. The van der Waals surface area contributed by atoms with Crippen molar-refractivity contribution in [3.05, 3.63) is 108 Å². The van der Waals surface area contributed by atoms with Crippen molar-refractivity contribution in [2.24, 2.45) is 7.05 Å². The Morgan fingerprint density at radius 1 is 0.974 bits per heavy atom. The molecule has 0 unspecified atom stereocenters. The van der Waals surface area contributed by atoms with Crippen LogP contribution in [0.4, 0.5) is 5.69 Å². The minimum atomic E-state index is -4.25. The summed E-state index contributed by atoms with van der Waals surface area (Å²) in [6.45, 7) is 8.10. The van der Waals surface area contributed by atoms with Gasteiger partial charge >= 0.3 is 0 Å². The molecule has 39 heavy (non-hydrogen) atoms. The number of thioether (sulfide) groups is 1. The maximum absolute atomic E-state index is 12.0. The average Bonchev–Trinajstić information content (AvgIpc) is 3.45. The van der Waals surface area contributed by atoms with Crippen LogP contribution in [0.15, 0.2) is 108 Å². The molecule has 2 heterocycles. The Labute approximate surface area is 237 Å². The van der Waals surface area contributed by atoms with Gasteiger partial charge in [0, 0.05) is 16.4 Å². The van der Waals surface area contributed by atoms with Crippen molar-refractivity contribution in [2.45, 2.75) is 18.2 Å². The van der Waals surface area contributed by atoms with E-state index in [1.807, 2.05) is 42.5 Å². The first-order valence-corrected chi connectivity index (χ1v) is 15.7. The molecule has 4 aromatic carbocycles. The van der Waals surface area contributed by atoms with E-state index < -0.39 is 16.0 Å². The Bertz CT molecular complexity index is 1890.